The molecule has 0 amide bonds. The van der Waals surface area contributed by atoms with Gasteiger partial charge in [-0.3, -0.25) is 4.72 Å². The van der Waals surface area contributed by atoms with Crippen molar-refractivity contribution in [1.82, 2.24) is 4.31 Å². The van der Waals surface area contributed by atoms with Crippen molar-refractivity contribution < 1.29 is 17.5 Å². The number of rotatable bonds is 5. The summed E-state index contributed by atoms with van der Waals surface area (Å²) in [6.07, 6.45) is 2.44. The monoisotopic (exact) mass is 317 g/mol. The zero-order chi connectivity index (χ0) is 15.5. The summed E-state index contributed by atoms with van der Waals surface area (Å²) in [6.45, 7) is 0.643. The zero-order valence-electron chi connectivity index (χ0n) is 11.9. The van der Waals surface area contributed by atoms with Crippen molar-refractivity contribution in [2.75, 3.05) is 24.9 Å². The summed E-state index contributed by atoms with van der Waals surface area (Å²) in [6, 6.07) is 3.66. The molecule has 1 aliphatic heterocycles. The van der Waals surface area contributed by atoms with E-state index in [4.69, 9.17) is 10.5 Å². The standard InChI is InChI=1S/C13H20FN3O3S/c1-20-11-5-6-12(14)13(8-11)16-21(18,19)17-7-3-2-4-10(17)9-15/h5-6,8,10,16H,2-4,7,9,15H2,1H3. The van der Waals surface area contributed by atoms with E-state index in [1.54, 1.807) is 0 Å². The molecule has 8 heteroatoms. The summed E-state index contributed by atoms with van der Waals surface area (Å²) in [5.41, 5.74) is 5.50. The van der Waals surface area contributed by atoms with E-state index in [1.807, 2.05) is 0 Å². The normalized spacial score (nSPS) is 20.2. The summed E-state index contributed by atoms with van der Waals surface area (Å²) in [7, 11) is -2.41. The van der Waals surface area contributed by atoms with Crippen LogP contribution in [0.5, 0.6) is 5.75 Å². The molecule has 2 rings (SSSR count). The highest BCUT2D eigenvalue weighted by Crippen LogP contribution is 2.25. The molecular weight excluding hydrogens is 297 g/mol. The number of halogens is 1. The highest BCUT2D eigenvalue weighted by molar-refractivity contribution is 7.90. The minimum Gasteiger partial charge on any atom is -0.497 e. The van der Waals surface area contributed by atoms with Crippen LogP contribution in [0.25, 0.3) is 0 Å². The molecule has 1 aromatic carbocycles. The fourth-order valence-corrected chi connectivity index (χ4v) is 3.94. The van der Waals surface area contributed by atoms with Crippen LogP contribution in [-0.4, -0.2) is 39.0 Å². The minimum atomic E-state index is -3.84. The number of nitrogens with one attached hydrogen (secondary N) is 1. The van der Waals surface area contributed by atoms with Crippen LogP contribution in [-0.2, 0) is 10.2 Å². The number of methoxy groups -OCH3 is 1. The lowest BCUT2D eigenvalue weighted by atomic mass is 10.1. The van der Waals surface area contributed by atoms with Crippen molar-refractivity contribution in [2.45, 2.75) is 25.3 Å². The van der Waals surface area contributed by atoms with Gasteiger partial charge in [-0.1, -0.05) is 6.42 Å². The molecule has 1 fully saturated rings. The largest absolute Gasteiger partial charge is 0.497 e. The first kappa shape index (κ1) is 16.0. The van der Waals surface area contributed by atoms with Crippen LogP contribution in [0.1, 0.15) is 19.3 Å². The summed E-state index contributed by atoms with van der Waals surface area (Å²) >= 11 is 0. The molecule has 1 unspecified atom stereocenters. The summed E-state index contributed by atoms with van der Waals surface area (Å²) in [5.74, 6) is -0.274. The van der Waals surface area contributed by atoms with E-state index in [9.17, 15) is 12.8 Å². The van der Waals surface area contributed by atoms with Crippen LogP contribution in [0.2, 0.25) is 0 Å². The summed E-state index contributed by atoms with van der Waals surface area (Å²) in [5, 5.41) is 0. The predicted octanol–water partition coefficient (Wildman–Crippen LogP) is 1.30. The maximum absolute atomic E-state index is 13.8. The van der Waals surface area contributed by atoms with Gasteiger partial charge in [0, 0.05) is 25.2 Å². The quantitative estimate of drug-likeness (QED) is 0.857. The Morgan fingerprint density at radius 1 is 1.48 bits per heavy atom. The van der Waals surface area contributed by atoms with Gasteiger partial charge < -0.3 is 10.5 Å². The van der Waals surface area contributed by atoms with Crippen LogP contribution in [0.15, 0.2) is 18.2 Å². The van der Waals surface area contributed by atoms with Crippen molar-refractivity contribution in [3.8, 4) is 5.75 Å². The molecule has 118 valence electrons. The Hall–Kier alpha value is -1.38. The summed E-state index contributed by atoms with van der Waals surface area (Å²) in [4.78, 5) is 0. The van der Waals surface area contributed by atoms with E-state index in [0.29, 0.717) is 12.3 Å². The molecule has 1 saturated heterocycles. The van der Waals surface area contributed by atoms with E-state index >= 15 is 0 Å². The molecule has 21 heavy (non-hydrogen) atoms. The number of anilines is 1. The topological polar surface area (TPSA) is 84.7 Å². The third-order valence-corrected chi connectivity index (χ3v) is 5.14. The number of nitrogens with two attached hydrogens (primary N) is 1. The van der Waals surface area contributed by atoms with Gasteiger partial charge in [-0.15, -0.1) is 0 Å². The lowest BCUT2D eigenvalue weighted by Gasteiger charge is -2.33. The first-order valence-electron chi connectivity index (χ1n) is 6.81. The predicted molar refractivity (Wildman–Crippen MR) is 78.9 cm³/mol. The highest BCUT2D eigenvalue weighted by atomic mass is 32.2. The molecule has 0 aliphatic carbocycles. The second-order valence-electron chi connectivity index (χ2n) is 4.95. The maximum atomic E-state index is 13.8. The molecule has 1 heterocycles. The van der Waals surface area contributed by atoms with Crippen molar-refractivity contribution in [1.29, 1.82) is 0 Å². The third-order valence-electron chi connectivity index (χ3n) is 3.57. The molecule has 6 nitrogen and oxygen atoms in total. The minimum absolute atomic E-state index is 0.129. The molecule has 0 radical (unpaired) electrons. The Morgan fingerprint density at radius 3 is 2.90 bits per heavy atom. The highest BCUT2D eigenvalue weighted by Gasteiger charge is 2.31. The molecule has 0 bridgehead atoms. The van der Waals surface area contributed by atoms with Crippen LogP contribution in [0, 0.1) is 5.82 Å². The van der Waals surface area contributed by atoms with Gasteiger partial charge in [0.1, 0.15) is 11.6 Å². The average molecular weight is 317 g/mol. The lowest BCUT2D eigenvalue weighted by molar-refractivity contribution is 0.259. The molecule has 1 aliphatic rings. The van der Waals surface area contributed by atoms with E-state index in [2.05, 4.69) is 4.72 Å². The number of nitrogens with zero attached hydrogens (tertiary/aromatic N) is 1. The number of ether oxygens (including phenoxy) is 1. The summed E-state index contributed by atoms with van der Waals surface area (Å²) < 4.78 is 47.2. The van der Waals surface area contributed by atoms with Gasteiger partial charge in [0.25, 0.3) is 0 Å². The van der Waals surface area contributed by atoms with Gasteiger partial charge >= 0.3 is 10.2 Å². The van der Waals surface area contributed by atoms with E-state index in [1.165, 1.54) is 23.5 Å². The maximum Gasteiger partial charge on any atom is 0.302 e. The van der Waals surface area contributed by atoms with Crippen molar-refractivity contribution >= 4 is 15.9 Å². The Balaban J connectivity index is 2.24. The van der Waals surface area contributed by atoms with E-state index in [0.717, 1.165) is 25.3 Å². The fourth-order valence-electron chi connectivity index (χ4n) is 2.43. The molecule has 0 aromatic heterocycles. The van der Waals surface area contributed by atoms with Crippen LogP contribution in [0.3, 0.4) is 0 Å². The van der Waals surface area contributed by atoms with Crippen molar-refractivity contribution in [3.63, 3.8) is 0 Å². The SMILES string of the molecule is COc1ccc(F)c(NS(=O)(=O)N2CCCCC2CN)c1. The first-order chi connectivity index (χ1) is 9.97. The Morgan fingerprint density at radius 2 is 2.24 bits per heavy atom. The molecular formula is C13H20FN3O3S. The van der Waals surface area contributed by atoms with Crippen molar-refractivity contribution in [2.24, 2.45) is 5.73 Å². The third kappa shape index (κ3) is 3.63. The van der Waals surface area contributed by atoms with Crippen LogP contribution < -0.4 is 15.2 Å². The van der Waals surface area contributed by atoms with E-state index < -0.39 is 16.0 Å². The molecule has 3 N–H and O–H groups in total. The van der Waals surface area contributed by atoms with Gasteiger partial charge in [-0.05, 0) is 25.0 Å². The first-order valence-corrected chi connectivity index (χ1v) is 8.25. The molecule has 1 aromatic rings. The van der Waals surface area contributed by atoms with Gasteiger partial charge in [-0.2, -0.15) is 12.7 Å². The van der Waals surface area contributed by atoms with Gasteiger partial charge in [-0.25, -0.2) is 4.39 Å². The smallest absolute Gasteiger partial charge is 0.302 e. The molecule has 0 spiro atoms. The van der Waals surface area contributed by atoms with Crippen LogP contribution in [0.4, 0.5) is 10.1 Å². The number of hydrogen-bond acceptors (Lipinski definition) is 4. The Bertz CT molecular complexity index is 594. The Labute approximate surface area is 124 Å². The van der Waals surface area contributed by atoms with Gasteiger partial charge in [0.2, 0.25) is 0 Å². The lowest BCUT2D eigenvalue weighted by Crippen LogP contribution is -2.49. The number of piperidine rings is 1. The second-order valence-corrected chi connectivity index (χ2v) is 6.57. The van der Waals surface area contributed by atoms with Gasteiger partial charge in [0.05, 0.1) is 12.8 Å². The van der Waals surface area contributed by atoms with Crippen LogP contribution >= 0.6 is 0 Å². The fraction of sp³-hybridized carbons (Fsp3) is 0.538. The zero-order valence-corrected chi connectivity index (χ0v) is 12.7. The van der Waals surface area contributed by atoms with E-state index in [-0.39, 0.29) is 18.3 Å². The van der Waals surface area contributed by atoms with Crippen molar-refractivity contribution in [3.05, 3.63) is 24.0 Å². The second kappa shape index (κ2) is 6.59. The Kier molecular flexibility index (Phi) is 5.02. The van der Waals surface area contributed by atoms with Gasteiger partial charge in [0.15, 0.2) is 0 Å². The number of benzene rings is 1. The molecule has 1 atom stereocenters. The number of hydrogen-bond donors (Lipinski definition) is 2. The average Bonchev–Trinajstić information content (AvgIpc) is 2.49. The molecule has 0 saturated carbocycles.